The highest BCUT2D eigenvalue weighted by Crippen LogP contribution is 2.41. The molecular formula is C17H22N4O4S. The topological polar surface area (TPSA) is 108 Å². The van der Waals surface area contributed by atoms with Gasteiger partial charge in [-0.3, -0.25) is 19.8 Å². The first-order valence-corrected chi connectivity index (χ1v) is 9.64. The standard InChI is InChI=1S/C17H22N4O4S/c1-2-3-8-18-15(24)19-13(22)10-21-14(23)17(20-16(21)25)7-4-5-12-11(17)6-9-26-12/h6,9H,2-5,7-8,10H2,1H3,(H,20,25)(H2,18,19,22,24)/t17-/m0/s1. The van der Waals surface area contributed by atoms with Gasteiger partial charge in [0.2, 0.25) is 5.91 Å². The summed E-state index contributed by atoms with van der Waals surface area (Å²) >= 11 is 1.57. The lowest BCUT2D eigenvalue weighted by atomic mass is 9.80. The lowest BCUT2D eigenvalue weighted by molar-refractivity contribution is -0.135. The van der Waals surface area contributed by atoms with E-state index in [0.717, 1.165) is 41.0 Å². The number of thiophene rings is 1. The third kappa shape index (κ3) is 3.31. The van der Waals surface area contributed by atoms with Crippen molar-refractivity contribution in [2.75, 3.05) is 13.1 Å². The third-order valence-corrected chi connectivity index (χ3v) is 5.69. The van der Waals surface area contributed by atoms with Crippen molar-refractivity contribution >= 4 is 35.2 Å². The van der Waals surface area contributed by atoms with Crippen LogP contribution in [-0.4, -0.2) is 41.9 Å². The summed E-state index contributed by atoms with van der Waals surface area (Å²) in [5.74, 6) is -1.12. The van der Waals surface area contributed by atoms with Crippen LogP contribution in [-0.2, 0) is 21.5 Å². The molecule has 26 heavy (non-hydrogen) atoms. The summed E-state index contributed by atoms with van der Waals surface area (Å²) in [5.41, 5.74) is -0.249. The number of hydrogen-bond acceptors (Lipinski definition) is 5. The van der Waals surface area contributed by atoms with E-state index in [1.54, 1.807) is 11.3 Å². The van der Waals surface area contributed by atoms with Crippen molar-refractivity contribution in [3.8, 4) is 0 Å². The Bertz CT molecular complexity index is 747. The van der Waals surface area contributed by atoms with E-state index in [9.17, 15) is 19.2 Å². The van der Waals surface area contributed by atoms with Gasteiger partial charge >= 0.3 is 12.1 Å². The van der Waals surface area contributed by atoms with Crippen molar-refractivity contribution in [1.29, 1.82) is 0 Å². The third-order valence-electron chi connectivity index (χ3n) is 4.71. The van der Waals surface area contributed by atoms with Crippen LogP contribution in [0, 0.1) is 0 Å². The quantitative estimate of drug-likeness (QED) is 0.532. The summed E-state index contributed by atoms with van der Waals surface area (Å²) in [6, 6.07) is 0.640. The minimum absolute atomic E-state index is 0.427. The van der Waals surface area contributed by atoms with E-state index in [1.165, 1.54) is 0 Å². The van der Waals surface area contributed by atoms with Crippen molar-refractivity contribution in [2.24, 2.45) is 0 Å². The van der Waals surface area contributed by atoms with Gasteiger partial charge in [0.05, 0.1) is 0 Å². The van der Waals surface area contributed by atoms with Crippen LogP contribution in [0.3, 0.4) is 0 Å². The van der Waals surface area contributed by atoms with Crippen LogP contribution in [0.2, 0.25) is 0 Å². The molecule has 140 valence electrons. The molecule has 8 nitrogen and oxygen atoms in total. The largest absolute Gasteiger partial charge is 0.338 e. The van der Waals surface area contributed by atoms with E-state index < -0.39 is 36.0 Å². The van der Waals surface area contributed by atoms with Gasteiger partial charge in [-0.25, -0.2) is 9.59 Å². The molecule has 1 aliphatic heterocycles. The fourth-order valence-corrected chi connectivity index (χ4v) is 4.42. The van der Waals surface area contributed by atoms with E-state index in [-0.39, 0.29) is 0 Å². The first kappa shape index (κ1) is 18.4. The second kappa shape index (κ2) is 7.45. The van der Waals surface area contributed by atoms with Crippen molar-refractivity contribution in [3.05, 3.63) is 21.9 Å². The summed E-state index contributed by atoms with van der Waals surface area (Å²) < 4.78 is 0. The molecule has 2 heterocycles. The Hall–Kier alpha value is -2.42. The predicted octanol–water partition coefficient (Wildman–Crippen LogP) is 1.46. The highest BCUT2D eigenvalue weighted by atomic mass is 32.1. The van der Waals surface area contributed by atoms with E-state index in [0.29, 0.717) is 13.0 Å². The maximum atomic E-state index is 13.0. The van der Waals surface area contributed by atoms with Gasteiger partial charge in [-0.15, -0.1) is 11.3 Å². The molecule has 3 N–H and O–H groups in total. The first-order valence-electron chi connectivity index (χ1n) is 8.76. The SMILES string of the molecule is CCCCNC(=O)NC(=O)CN1C(=O)N[C@]2(CCCc3sccc32)C1=O. The number of amides is 6. The molecule has 0 unspecified atom stereocenters. The number of nitrogens with one attached hydrogen (secondary N) is 3. The fraction of sp³-hybridized carbons (Fsp3) is 0.529. The number of hydrogen-bond donors (Lipinski definition) is 3. The van der Waals surface area contributed by atoms with Crippen molar-refractivity contribution in [3.63, 3.8) is 0 Å². The Morgan fingerprint density at radius 3 is 2.96 bits per heavy atom. The zero-order valence-electron chi connectivity index (χ0n) is 14.6. The number of urea groups is 2. The number of carbonyl (C=O) groups is 4. The maximum absolute atomic E-state index is 13.0. The van der Waals surface area contributed by atoms with Gasteiger partial charge in [0.25, 0.3) is 5.91 Å². The number of unbranched alkanes of at least 4 members (excludes halogenated alkanes) is 1. The molecule has 2 aliphatic rings. The summed E-state index contributed by atoms with van der Waals surface area (Å²) in [4.78, 5) is 51.0. The summed E-state index contributed by atoms with van der Waals surface area (Å²) in [6.45, 7) is 1.97. The minimum atomic E-state index is -1.08. The number of fused-ring (bicyclic) bond motifs is 2. The number of rotatable bonds is 5. The molecule has 1 aromatic heterocycles. The second-order valence-corrected chi connectivity index (χ2v) is 7.50. The average Bonchev–Trinajstić information content (AvgIpc) is 3.16. The molecular weight excluding hydrogens is 356 g/mol. The molecule has 1 atom stereocenters. The zero-order valence-corrected chi connectivity index (χ0v) is 15.4. The zero-order chi connectivity index (χ0) is 18.7. The maximum Gasteiger partial charge on any atom is 0.325 e. The van der Waals surface area contributed by atoms with Gasteiger partial charge < -0.3 is 10.6 Å². The summed E-state index contributed by atoms with van der Waals surface area (Å²) in [5, 5.41) is 9.39. The molecule has 1 spiro atoms. The predicted molar refractivity (Wildman–Crippen MR) is 95.6 cm³/mol. The molecule has 9 heteroatoms. The van der Waals surface area contributed by atoms with Gasteiger partial charge in [-0.2, -0.15) is 0 Å². The molecule has 1 aromatic rings. The molecule has 1 saturated heterocycles. The van der Waals surface area contributed by atoms with Crippen LogP contribution in [0.15, 0.2) is 11.4 Å². The highest BCUT2D eigenvalue weighted by molar-refractivity contribution is 7.10. The van der Waals surface area contributed by atoms with Crippen molar-refractivity contribution in [1.82, 2.24) is 20.9 Å². The van der Waals surface area contributed by atoms with Crippen LogP contribution in [0.4, 0.5) is 9.59 Å². The van der Waals surface area contributed by atoms with Crippen molar-refractivity contribution in [2.45, 2.75) is 44.6 Å². The van der Waals surface area contributed by atoms with Crippen LogP contribution < -0.4 is 16.0 Å². The van der Waals surface area contributed by atoms with Gasteiger partial charge in [0.1, 0.15) is 12.1 Å². The summed E-state index contributed by atoms with van der Waals surface area (Å²) in [7, 11) is 0. The Balaban J connectivity index is 1.66. The lowest BCUT2D eigenvalue weighted by Crippen LogP contribution is -2.48. The molecule has 6 amide bonds. The van der Waals surface area contributed by atoms with E-state index in [1.807, 2.05) is 18.4 Å². The molecule has 0 bridgehead atoms. The van der Waals surface area contributed by atoms with Gasteiger partial charge in [0, 0.05) is 17.0 Å². The molecule has 1 fully saturated rings. The Kier molecular flexibility index (Phi) is 5.26. The van der Waals surface area contributed by atoms with Crippen LogP contribution >= 0.6 is 11.3 Å². The highest BCUT2D eigenvalue weighted by Gasteiger charge is 2.54. The molecule has 0 radical (unpaired) electrons. The van der Waals surface area contributed by atoms with Crippen LogP contribution in [0.5, 0.6) is 0 Å². The summed E-state index contributed by atoms with van der Waals surface area (Å²) in [6.07, 6.45) is 3.91. The molecule has 1 aliphatic carbocycles. The van der Waals surface area contributed by atoms with Crippen LogP contribution in [0.25, 0.3) is 0 Å². The lowest BCUT2D eigenvalue weighted by Gasteiger charge is -2.31. The van der Waals surface area contributed by atoms with Crippen LogP contribution in [0.1, 0.15) is 43.0 Å². The molecule has 3 rings (SSSR count). The number of aryl methyl sites for hydroxylation is 1. The smallest absolute Gasteiger partial charge is 0.325 e. The van der Waals surface area contributed by atoms with E-state index >= 15 is 0 Å². The normalized spacial score (nSPS) is 21.5. The minimum Gasteiger partial charge on any atom is -0.338 e. The molecule has 0 aromatic carbocycles. The second-order valence-electron chi connectivity index (χ2n) is 6.50. The van der Waals surface area contributed by atoms with Gasteiger partial charge in [-0.1, -0.05) is 13.3 Å². The fourth-order valence-electron chi connectivity index (χ4n) is 3.42. The Morgan fingerprint density at radius 2 is 2.19 bits per heavy atom. The van der Waals surface area contributed by atoms with Crippen molar-refractivity contribution < 1.29 is 19.2 Å². The Morgan fingerprint density at radius 1 is 1.38 bits per heavy atom. The Labute approximate surface area is 155 Å². The number of imide groups is 2. The number of nitrogens with zero attached hydrogens (tertiary/aromatic N) is 1. The van der Waals surface area contributed by atoms with E-state index in [4.69, 9.17) is 0 Å². The number of carbonyl (C=O) groups excluding carboxylic acids is 4. The monoisotopic (exact) mass is 378 g/mol. The van der Waals surface area contributed by atoms with Gasteiger partial charge in [0.15, 0.2) is 0 Å². The first-order chi connectivity index (χ1) is 12.5. The van der Waals surface area contributed by atoms with E-state index in [2.05, 4.69) is 16.0 Å². The molecule has 0 saturated carbocycles. The van der Waals surface area contributed by atoms with Gasteiger partial charge in [-0.05, 0) is 37.1 Å². The average molecular weight is 378 g/mol.